The van der Waals surface area contributed by atoms with E-state index in [0.717, 1.165) is 12.1 Å². The topological polar surface area (TPSA) is 89.3 Å². The molecule has 0 bridgehead atoms. The van der Waals surface area contributed by atoms with E-state index in [2.05, 4.69) is 15.2 Å². The van der Waals surface area contributed by atoms with E-state index < -0.39 is 23.1 Å². The first-order valence-corrected chi connectivity index (χ1v) is 4.97. The predicted octanol–water partition coefficient (Wildman–Crippen LogP) is 1.38. The molecule has 0 fully saturated rings. The molecule has 2 aromatic rings. The van der Waals surface area contributed by atoms with Gasteiger partial charge in [-0.05, 0) is 18.2 Å². The van der Waals surface area contributed by atoms with Crippen LogP contribution in [-0.4, -0.2) is 25.8 Å². The van der Waals surface area contributed by atoms with Gasteiger partial charge in [0.2, 0.25) is 0 Å². The number of oxime groups is 1. The molecule has 100 valence electrons. The highest BCUT2D eigenvalue weighted by Gasteiger charge is 2.34. The molecule has 1 aromatic carbocycles. The van der Waals surface area contributed by atoms with Crippen molar-refractivity contribution in [1.29, 1.82) is 0 Å². The maximum absolute atomic E-state index is 12.8. The number of nitrogens with two attached hydrogens (primary N) is 1. The Bertz CT molecular complexity index is 606. The van der Waals surface area contributed by atoms with Crippen molar-refractivity contribution in [1.82, 2.24) is 14.8 Å². The molecule has 0 radical (unpaired) electrons. The lowest BCUT2D eigenvalue weighted by Crippen LogP contribution is -2.20. The fourth-order valence-electron chi connectivity index (χ4n) is 1.53. The monoisotopic (exact) mass is 271 g/mol. The van der Waals surface area contributed by atoms with Crippen LogP contribution in [0.4, 0.5) is 13.2 Å². The Morgan fingerprint density at radius 3 is 2.63 bits per heavy atom. The van der Waals surface area contributed by atoms with Crippen LogP contribution in [0.5, 0.6) is 0 Å². The van der Waals surface area contributed by atoms with Gasteiger partial charge in [0, 0.05) is 5.56 Å². The number of hydrogen-bond donors (Lipinski definition) is 2. The second kappa shape index (κ2) is 4.59. The van der Waals surface area contributed by atoms with Crippen LogP contribution in [0.1, 0.15) is 11.1 Å². The van der Waals surface area contributed by atoms with Crippen LogP contribution < -0.4 is 5.73 Å². The lowest BCUT2D eigenvalue weighted by Gasteiger charge is -2.13. The average molecular weight is 271 g/mol. The van der Waals surface area contributed by atoms with E-state index in [1.807, 2.05) is 0 Å². The SMILES string of the molecule is N/C(=N/O)c1cc(-n2cncn2)ccc1C(F)(F)F. The van der Waals surface area contributed by atoms with Crippen molar-refractivity contribution >= 4 is 5.84 Å². The van der Waals surface area contributed by atoms with Crippen LogP contribution in [0.3, 0.4) is 0 Å². The molecule has 0 aliphatic carbocycles. The third-order valence-electron chi connectivity index (χ3n) is 2.38. The molecule has 0 aliphatic rings. The molecule has 0 saturated heterocycles. The quantitative estimate of drug-likeness (QED) is 0.374. The molecule has 0 spiro atoms. The van der Waals surface area contributed by atoms with E-state index in [1.54, 1.807) is 0 Å². The van der Waals surface area contributed by atoms with Crippen molar-refractivity contribution in [2.45, 2.75) is 6.18 Å². The Hall–Kier alpha value is -2.58. The van der Waals surface area contributed by atoms with Crippen LogP contribution in [0.15, 0.2) is 36.0 Å². The number of aromatic nitrogens is 3. The van der Waals surface area contributed by atoms with E-state index in [-0.39, 0.29) is 0 Å². The number of halogens is 3. The standard InChI is InChI=1S/C10H8F3N5O/c11-10(12,13)8-2-1-6(18-5-15-4-16-18)3-7(8)9(14)17-19/h1-5,19H,(H2,14,17). The summed E-state index contributed by atoms with van der Waals surface area (Å²) in [6, 6.07) is 3.17. The highest BCUT2D eigenvalue weighted by atomic mass is 19.4. The molecule has 0 aliphatic heterocycles. The zero-order valence-electron chi connectivity index (χ0n) is 9.33. The molecule has 0 atom stereocenters. The third-order valence-corrected chi connectivity index (χ3v) is 2.38. The number of hydrogen-bond acceptors (Lipinski definition) is 4. The van der Waals surface area contributed by atoms with Crippen molar-refractivity contribution in [3.8, 4) is 5.69 Å². The molecular weight excluding hydrogens is 263 g/mol. The maximum Gasteiger partial charge on any atom is 0.417 e. The van der Waals surface area contributed by atoms with Gasteiger partial charge >= 0.3 is 6.18 Å². The van der Waals surface area contributed by atoms with Crippen LogP contribution in [-0.2, 0) is 6.18 Å². The summed E-state index contributed by atoms with van der Waals surface area (Å²) in [5.74, 6) is -0.630. The summed E-state index contributed by atoms with van der Waals surface area (Å²) >= 11 is 0. The number of rotatable bonds is 2. The van der Waals surface area contributed by atoms with Gasteiger partial charge < -0.3 is 10.9 Å². The molecule has 3 N–H and O–H groups in total. The summed E-state index contributed by atoms with van der Waals surface area (Å²) in [7, 11) is 0. The van der Waals surface area contributed by atoms with Crippen LogP contribution in [0, 0.1) is 0 Å². The summed E-state index contributed by atoms with van der Waals surface area (Å²) in [6.45, 7) is 0. The van der Waals surface area contributed by atoms with Gasteiger partial charge in [-0.25, -0.2) is 9.67 Å². The Morgan fingerprint density at radius 1 is 1.37 bits per heavy atom. The van der Waals surface area contributed by atoms with E-state index in [4.69, 9.17) is 10.9 Å². The Kier molecular flexibility index (Phi) is 3.11. The Labute approximate surface area is 105 Å². The van der Waals surface area contributed by atoms with Crippen molar-refractivity contribution in [2.24, 2.45) is 10.9 Å². The van der Waals surface area contributed by atoms with Crippen molar-refractivity contribution < 1.29 is 18.4 Å². The summed E-state index contributed by atoms with van der Waals surface area (Å²) in [6.07, 6.45) is -2.05. The predicted molar refractivity (Wildman–Crippen MR) is 58.9 cm³/mol. The molecule has 19 heavy (non-hydrogen) atoms. The van der Waals surface area contributed by atoms with E-state index >= 15 is 0 Å². The first-order valence-electron chi connectivity index (χ1n) is 4.97. The lowest BCUT2D eigenvalue weighted by molar-refractivity contribution is -0.137. The van der Waals surface area contributed by atoms with Gasteiger partial charge in [-0.1, -0.05) is 5.16 Å². The zero-order chi connectivity index (χ0) is 14.0. The normalized spacial score (nSPS) is 12.7. The molecule has 6 nitrogen and oxygen atoms in total. The maximum atomic E-state index is 12.8. The molecule has 1 heterocycles. The Morgan fingerprint density at radius 2 is 2.11 bits per heavy atom. The fourth-order valence-corrected chi connectivity index (χ4v) is 1.53. The van der Waals surface area contributed by atoms with Gasteiger partial charge in [0.15, 0.2) is 5.84 Å². The van der Waals surface area contributed by atoms with Crippen molar-refractivity contribution in [3.05, 3.63) is 42.0 Å². The molecular formula is C10H8F3N5O. The smallest absolute Gasteiger partial charge is 0.409 e. The van der Waals surface area contributed by atoms with E-state index in [9.17, 15) is 13.2 Å². The average Bonchev–Trinajstić information content (AvgIpc) is 2.90. The minimum atomic E-state index is -4.61. The van der Waals surface area contributed by atoms with Gasteiger partial charge in [0.05, 0.1) is 11.3 Å². The van der Waals surface area contributed by atoms with Gasteiger partial charge in [0.25, 0.3) is 0 Å². The molecule has 0 amide bonds. The third kappa shape index (κ3) is 2.49. The summed E-state index contributed by atoms with van der Waals surface area (Å²) in [5, 5.41) is 15.0. The van der Waals surface area contributed by atoms with Crippen LogP contribution >= 0.6 is 0 Å². The van der Waals surface area contributed by atoms with Gasteiger partial charge in [-0.15, -0.1) is 0 Å². The van der Waals surface area contributed by atoms with Crippen LogP contribution in [0.25, 0.3) is 5.69 Å². The number of benzene rings is 1. The Balaban J connectivity index is 2.61. The number of amidine groups is 1. The summed E-state index contributed by atoms with van der Waals surface area (Å²) in [5.41, 5.74) is 4.16. The van der Waals surface area contributed by atoms with Crippen molar-refractivity contribution in [3.63, 3.8) is 0 Å². The number of alkyl halides is 3. The highest BCUT2D eigenvalue weighted by Crippen LogP contribution is 2.32. The first kappa shape index (κ1) is 12.9. The largest absolute Gasteiger partial charge is 0.417 e. The van der Waals surface area contributed by atoms with E-state index in [1.165, 1.54) is 23.4 Å². The highest BCUT2D eigenvalue weighted by molar-refractivity contribution is 5.99. The van der Waals surface area contributed by atoms with Gasteiger partial charge in [-0.2, -0.15) is 18.3 Å². The summed E-state index contributed by atoms with van der Waals surface area (Å²) in [4.78, 5) is 3.68. The van der Waals surface area contributed by atoms with Crippen LogP contribution in [0.2, 0.25) is 0 Å². The molecule has 1 aromatic heterocycles. The fraction of sp³-hybridized carbons (Fsp3) is 0.100. The molecule has 0 saturated carbocycles. The minimum absolute atomic E-state index is 0.312. The number of nitrogens with zero attached hydrogens (tertiary/aromatic N) is 4. The van der Waals surface area contributed by atoms with E-state index in [0.29, 0.717) is 5.69 Å². The minimum Gasteiger partial charge on any atom is -0.409 e. The van der Waals surface area contributed by atoms with Gasteiger partial charge in [-0.3, -0.25) is 0 Å². The lowest BCUT2D eigenvalue weighted by atomic mass is 10.1. The molecule has 0 unspecified atom stereocenters. The van der Waals surface area contributed by atoms with Gasteiger partial charge in [0.1, 0.15) is 12.7 Å². The van der Waals surface area contributed by atoms with Crippen molar-refractivity contribution in [2.75, 3.05) is 0 Å². The first-order chi connectivity index (χ1) is 8.93. The molecule has 2 rings (SSSR count). The molecule has 9 heteroatoms. The second-order valence-electron chi connectivity index (χ2n) is 3.55. The zero-order valence-corrected chi connectivity index (χ0v) is 9.33. The second-order valence-corrected chi connectivity index (χ2v) is 3.55. The summed E-state index contributed by atoms with van der Waals surface area (Å²) < 4.78 is 39.6.